The molecule has 1 nitrogen and oxygen atoms in total. The summed E-state index contributed by atoms with van der Waals surface area (Å²) >= 11 is 0. The van der Waals surface area contributed by atoms with Crippen LogP contribution < -0.4 is 5.32 Å². The number of hydrogen-bond donors (Lipinski definition) is 1. The van der Waals surface area contributed by atoms with Crippen LogP contribution >= 0.6 is 0 Å². The molecule has 0 aliphatic carbocycles. The summed E-state index contributed by atoms with van der Waals surface area (Å²) in [5, 5.41) is 2.50. The van der Waals surface area contributed by atoms with Gasteiger partial charge in [0.15, 0.2) is 11.6 Å². The molecule has 0 atom stereocenters. The highest BCUT2D eigenvalue weighted by Gasteiger charge is 2.09. The molecule has 0 saturated carbocycles. The number of benzene rings is 1. The molecule has 0 spiro atoms. The summed E-state index contributed by atoms with van der Waals surface area (Å²) in [4.78, 5) is 0. The van der Waals surface area contributed by atoms with Gasteiger partial charge in [-0.15, -0.1) is 0 Å². The summed E-state index contributed by atoms with van der Waals surface area (Å²) in [5.41, 5.74) is -0.144. The maximum Gasteiger partial charge on any atom is 0.182 e. The lowest BCUT2D eigenvalue weighted by molar-refractivity contribution is 0.497. The van der Waals surface area contributed by atoms with Gasteiger partial charge < -0.3 is 5.32 Å². The molecule has 0 amide bonds. The van der Waals surface area contributed by atoms with Crippen LogP contribution in [0.4, 0.5) is 18.9 Å². The molecule has 1 N–H and O–H groups in total. The molecule has 0 radical (unpaired) electrons. The van der Waals surface area contributed by atoms with Gasteiger partial charge in [-0.05, 0) is 6.92 Å². The molecule has 1 aromatic carbocycles. The molecular formula is C8H8F3N. The van der Waals surface area contributed by atoms with Crippen molar-refractivity contribution in [3.05, 3.63) is 29.6 Å². The molecule has 0 saturated heterocycles. The monoisotopic (exact) mass is 175 g/mol. The summed E-state index contributed by atoms with van der Waals surface area (Å²) in [6, 6.07) is 1.43. The van der Waals surface area contributed by atoms with Gasteiger partial charge in [-0.3, -0.25) is 0 Å². The largest absolute Gasteiger partial charge is 0.383 e. The Labute approximate surface area is 68.2 Å². The van der Waals surface area contributed by atoms with Crippen molar-refractivity contribution in [2.24, 2.45) is 0 Å². The fourth-order valence-electron chi connectivity index (χ4n) is 0.875. The fraction of sp³-hybridized carbons (Fsp3) is 0.250. The normalized spacial score (nSPS) is 10.0. The third kappa shape index (κ3) is 1.69. The maximum absolute atomic E-state index is 12.8. The van der Waals surface area contributed by atoms with E-state index in [1.807, 2.05) is 0 Å². The Morgan fingerprint density at radius 1 is 1.25 bits per heavy atom. The topological polar surface area (TPSA) is 12.0 Å². The summed E-state index contributed by atoms with van der Waals surface area (Å²) in [6.45, 7) is 2.13. The minimum Gasteiger partial charge on any atom is -0.383 e. The van der Waals surface area contributed by atoms with Crippen molar-refractivity contribution in [2.75, 3.05) is 11.9 Å². The lowest BCUT2D eigenvalue weighted by Crippen LogP contribution is -2.01. The van der Waals surface area contributed by atoms with Crippen molar-refractivity contribution in [1.82, 2.24) is 0 Å². The Hall–Kier alpha value is -1.19. The Morgan fingerprint density at radius 2 is 1.92 bits per heavy atom. The lowest BCUT2D eigenvalue weighted by atomic mass is 10.3. The van der Waals surface area contributed by atoms with Gasteiger partial charge >= 0.3 is 0 Å². The second kappa shape index (κ2) is 3.47. The molecule has 0 aliphatic heterocycles. The third-order valence-electron chi connectivity index (χ3n) is 1.36. The molecule has 0 aliphatic rings. The number of halogens is 3. The molecular weight excluding hydrogens is 167 g/mol. The molecule has 1 aromatic rings. The van der Waals surface area contributed by atoms with Gasteiger partial charge in [0, 0.05) is 18.7 Å². The predicted octanol–water partition coefficient (Wildman–Crippen LogP) is 2.54. The van der Waals surface area contributed by atoms with E-state index >= 15 is 0 Å². The Kier molecular flexibility index (Phi) is 2.58. The smallest absolute Gasteiger partial charge is 0.182 e. The molecule has 0 fully saturated rings. The van der Waals surface area contributed by atoms with Gasteiger partial charge in [-0.25, -0.2) is 13.2 Å². The summed E-state index contributed by atoms with van der Waals surface area (Å²) in [7, 11) is 0. The zero-order valence-corrected chi connectivity index (χ0v) is 6.50. The predicted molar refractivity (Wildman–Crippen MR) is 40.5 cm³/mol. The second-order valence-corrected chi connectivity index (χ2v) is 2.28. The highest BCUT2D eigenvalue weighted by molar-refractivity contribution is 5.45. The van der Waals surface area contributed by atoms with Crippen LogP contribution in [0, 0.1) is 17.5 Å². The molecule has 12 heavy (non-hydrogen) atoms. The van der Waals surface area contributed by atoms with Crippen LogP contribution in [0.3, 0.4) is 0 Å². The zero-order valence-electron chi connectivity index (χ0n) is 6.50. The first-order chi connectivity index (χ1) is 5.65. The SMILES string of the molecule is CCNc1cc(F)cc(F)c1F. The van der Waals surface area contributed by atoms with Crippen LogP contribution in [-0.2, 0) is 0 Å². The minimum atomic E-state index is -1.18. The van der Waals surface area contributed by atoms with Crippen LogP contribution in [0.1, 0.15) is 6.92 Å². The van der Waals surface area contributed by atoms with Crippen molar-refractivity contribution in [1.29, 1.82) is 0 Å². The van der Waals surface area contributed by atoms with Crippen LogP contribution in [-0.4, -0.2) is 6.54 Å². The van der Waals surface area contributed by atoms with E-state index in [0.717, 1.165) is 6.07 Å². The van der Waals surface area contributed by atoms with Crippen LogP contribution in [0.25, 0.3) is 0 Å². The third-order valence-corrected chi connectivity index (χ3v) is 1.36. The molecule has 66 valence electrons. The Bertz CT molecular complexity index is 286. The highest BCUT2D eigenvalue weighted by Crippen LogP contribution is 2.18. The van der Waals surface area contributed by atoms with Gasteiger partial charge in [-0.2, -0.15) is 0 Å². The molecule has 4 heteroatoms. The number of rotatable bonds is 2. The molecule has 0 unspecified atom stereocenters. The summed E-state index contributed by atoms with van der Waals surface area (Å²) in [6.07, 6.45) is 0. The van der Waals surface area contributed by atoms with Crippen molar-refractivity contribution in [3.8, 4) is 0 Å². The average molecular weight is 175 g/mol. The molecule has 0 bridgehead atoms. The van der Waals surface area contributed by atoms with Gasteiger partial charge in [0.25, 0.3) is 0 Å². The van der Waals surface area contributed by atoms with E-state index in [2.05, 4.69) is 5.32 Å². The molecule has 1 rings (SSSR count). The molecule has 0 heterocycles. The quantitative estimate of drug-likeness (QED) is 0.681. The van der Waals surface area contributed by atoms with Crippen molar-refractivity contribution in [2.45, 2.75) is 6.92 Å². The van der Waals surface area contributed by atoms with E-state index in [-0.39, 0.29) is 5.69 Å². The molecule has 0 aromatic heterocycles. The average Bonchev–Trinajstić information content (AvgIpc) is 2.00. The lowest BCUT2D eigenvalue weighted by Gasteiger charge is -2.04. The van der Waals surface area contributed by atoms with Crippen molar-refractivity contribution in [3.63, 3.8) is 0 Å². The van der Waals surface area contributed by atoms with E-state index in [4.69, 9.17) is 0 Å². The zero-order chi connectivity index (χ0) is 9.14. The van der Waals surface area contributed by atoms with E-state index in [1.165, 1.54) is 0 Å². The highest BCUT2D eigenvalue weighted by atomic mass is 19.2. The first kappa shape index (κ1) is 8.90. The van der Waals surface area contributed by atoms with Crippen LogP contribution in [0.15, 0.2) is 12.1 Å². The van der Waals surface area contributed by atoms with E-state index in [0.29, 0.717) is 12.6 Å². The Balaban J connectivity index is 3.09. The van der Waals surface area contributed by atoms with Crippen molar-refractivity contribution >= 4 is 5.69 Å². The summed E-state index contributed by atoms with van der Waals surface area (Å²) < 4.78 is 37.8. The van der Waals surface area contributed by atoms with Crippen molar-refractivity contribution < 1.29 is 13.2 Å². The van der Waals surface area contributed by atoms with Crippen LogP contribution in [0.5, 0.6) is 0 Å². The standard InChI is InChI=1S/C8H8F3N/c1-2-12-7-4-5(9)3-6(10)8(7)11/h3-4,12H,2H2,1H3. The fourth-order valence-corrected chi connectivity index (χ4v) is 0.875. The van der Waals surface area contributed by atoms with E-state index in [1.54, 1.807) is 6.92 Å². The van der Waals surface area contributed by atoms with E-state index in [9.17, 15) is 13.2 Å². The van der Waals surface area contributed by atoms with Gasteiger partial charge in [0.2, 0.25) is 0 Å². The van der Waals surface area contributed by atoms with E-state index < -0.39 is 17.5 Å². The van der Waals surface area contributed by atoms with Gasteiger partial charge in [-0.1, -0.05) is 0 Å². The summed E-state index contributed by atoms with van der Waals surface area (Å²) in [5.74, 6) is -3.01. The maximum atomic E-state index is 12.8. The number of anilines is 1. The minimum absolute atomic E-state index is 0.144. The Morgan fingerprint density at radius 3 is 2.50 bits per heavy atom. The first-order valence-electron chi connectivity index (χ1n) is 3.53. The number of hydrogen-bond acceptors (Lipinski definition) is 1. The second-order valence-electron chi connectivity index (χ2n) is 2.28. The number of nitrogens with one attached hydrogen (secondary N) is 1. The van der Waals surface area contributed by atoms with Gasteiger partial charge in [0.1, 0.15) is 5.82 Å². The van der Waals surface area contributed by atoms with Crippen LogP contribution in [0.2, 0.25) is 0 Å². The first-order valence-corrected chi connectivity index (χ1v) is 3.53. The van der Waals surface area contributed by atoms with Gasteiger partial charge in [0.05, 0.1) is 5.69 Å².